The first-order valence-corrected chi connectivity index (χ1v) is 3.53. The van der Waals surface area contributed by atoms with Crippen LogP contribution >= 0.6 is 0 Å². The van der Waals surface area contributed by atoms with Crippen LogP contribution in [0.25, 0.3) is 0 Å². The minimum atomic E-state index is 0.302. The molecular formula is C8H10N2O. The van der Waals surface area contributed by atoms with Gasteiger partial charge in [-0.15, -0.1) is 0 Å². The molecule has 1 aromatic rings. The van der Waals surface area contributed by atoms with Crippen molar-refractivity contribution in [2.75, 3.05) is 0 Å². The molecule has 0 unspecified atom stereocenters. The first-order chi connectivity index (χ1) is 5.16. The Bertz CT molecular complexity index is 294. The van der Waals surface area contributed by atoms with E-state index in [1.165, 1.54) is 0 Å². The quantitative estimate of drug-likeness (QED) is 0.615. The second-order valence-corrected chi connectivity index (χ2v) is 2.78. The molecule has 1 rings (SSSR count). The molecule has 0 N–H and O–H groups in total. The number of aromatic nitrogens is 1. The van der Waals surface area contributed by atoms with Crippen LogP contribution in [0.1, 0.15) is 36.8 Å². The zero-order chi connectivity index (χ0) is 8.43. The summed E-state index contributed by atoms with van der Waals surface area (Å²) in [6, 6.07) is 1.97. The van der Waals surface area contributed by atoms with Crippen molar-refractivity contribution in [1.82, 2.24) is 5.16 Å². The maximum absolute atomic E-state index is 8.60. The molecule has 0 bridgehead atoms. The molecule has 0 saturated carbocycles. The van der Waals surface area contributed by atoms with Crippen LogP contribution in [0.4, 0.5) is 0 Å². The summed E-state index contributed by atoms with van der Waals surface area (Å²) in [5, 5.41) is 12.3. The molecule has 0 fully saturated rings. The molecular weight excluding hydrogens is 140 g/mol. The summed E-state index contributed by atoms with van der Waals surface area (Å²) < 4.78 is 4.79. The summed E-state index contributed by atoms with van der Waals surface area (Å²) >= 11 is 0. The fourth-order valence-corrected chi connectivity index (χ4v) is 1.14. The van der Waals surface area contributed by atoms with E-state index in [2.05, 4.69) is 5.16 Å². The minimum Gasteiger partial charge on any atom is -0.345 e. The van der Waals surface area contributed by atoms with Crippen LogP contribution in [0.15, 0.2) is 4.52 Å². The van der Waals surface area contributed by atoms with Gasteiger partial charge in [0.2, 0.25) is 5.76 Å². The van der Waals surface area contributed by atoms with Crippen molar-refractivity contribution >= 4 is 0 Å². The molecule has 1 heterocycles. The van der Waals surface area contributed by atoms with Crippen LogP contribution in [0, 0.1) is 18.3 Å². The van der Waals surface area contributed by atoms with E-state index < -0.39 is 0 Å². The Morgan fingerprint density at radius 1 is 1.55 bits per heavy atom. The van der Waals surface area contributed by atoms with Gasteiger partial charge >= 0.3 is 0 Å². The highest BCUT2D eigenvalue weighted by Crippen LogP contribution is 2.21. The topological polar surface area (TPSA) is 49.8 Å². The molecule has 3 nitrogen and oxygen atoms in total. The predicted molar refractivity (Wildman–Crippen MR) is 40.0 cm³/mol. The van der Waals surface area contributed by atoms with Gasteiger partial charge in [0.1, 0.15) is 6.07 Å². The summed E-state index contributed by atoms with van der Waals surface area (Å²) in [7, 11) is 0. The highest BCUT2D eigenvalue weighted by molar-refractivity contribution is 5.33. The fraction of sp³-hybridized carbons (Fsp3) is 0.500. The van der Waals surface area contributed by atoms with E-state index in [0.29, 0.717) is 11.7 Å². The van der Waals surface area contributed by atoms with Gasteiger partial charge in [-0.25, -0.2) is 0 Å². The fourth-order valence-electron chi connectivity index (χ4n) is 1.14. The number of hydrogen-bond donors (Lipinski definition) is 0. The predicted octanol–water partition coefficient (Wildman–Crippen LogP) is 1.98. The van der Waals surface area contributed by atoms with Gasteiger partial charge in [0.25, 0.3) is 0 Å². The van der Waals surface area contributed by atoms with E-state index >= 15 is 0 Å². The summed E-state index contributed by atoms with van der Waals surface area (Å²) in [5.41, 5.74) is 1.74. The Labute approximate surface area is 65.6 Å². The Hall–Kier alpha value is -1.30. The third kappa shape index (κ3) is 1.25. The number of nitrogens with zero attached hydrogens (tertiary/aromatic N) is 2. The van der Waals surface area contributed by atoms with Crippen LogP contribution in [0.5, 0.6) is 0 Å². The monoisotopic (exact) mass is 150 g/mol. The number of aryl methyl sites for hydroxylation is 1. The van der Waals surface area contributed by atoms with Crippen LogP contribution in [0.2, 0.25) is 0 Å². The smallest absolute Gasteiger partial charge is 0.239 e. The van der Waals surface area contributed by atoms with Gasteiger partial charge < -0.3 is 4.52 Å². The Kier molecular flexibility index (Phi) is 1.95. The van der Waals surface area contributed by atoms with Crippen LogP contribution in [-0.2, 0) is 0 Å². The van der Waals surface area contributed by atoms with Crippen molar-refractivity contribution in [3.8, 4) is 6.07 Å². The second-order valence-electron chi connectivity index (χ2n) is 2.78. The Balaban J connectivity index is 3.21. The molecule has 0 amide bonds. The summed E-state index contributed by atoms with van der Waals surface area (Å²) in [6.07, 6.45) is 0. The lowest BCUT2D eigenvalue weighted by Gasteiger charge is -1.99. The maximum Gasteiger partial charge on any atom is 0.239 e. The highest BCUT2D eigenvalue weighted by atomic mass is 16.5. The van der Waals surface area contributed by atoms with E-state index in [9.17, 15) is 0 Å². The molecule has 0 spiro atoms. The maximum atomic E-state index is 8.60. The Morgan fingerprint density at radius 3 is 2.55 bits per heavy atom. The van der Waals surface area contributed by atoms with Crippen molar-refractivity contribution < 1.29 is 4.52 Å². The molecule has 0 aliphatic carbocycles. The molecule has 3 heteroatoms. The second kappa shape index (κ2) is 2.75. The number of nitriles is 1. The third-order valence-corrected chi connectivity index (χ3v) is 1.59. The van der Waals surface area contributed by atoms with Gasteiger partial charge in [0, 0.05) is 5.56 Å². The molecule has 11 heavy (non-hydrogen) atoms. The van der Waals surface area contributed by atoms with Crippen molar-refractivity contribution in [2.24, 2.45) is 0 Å². The molecule has 0 aliphatic rings. The molecule has 0 aromatic carbocycles. The lowest BCUT2D eigenvalue weighted by atomic mass is 10.0. The first-order valence-electron chi connectivity index (χ1n) is 3.53. The van der Waals surface area contributed by atoms with E-state index in [0.717, 1.165) is 11.3 Å². The lowest BCUT2D eigenvalue weighted by Crippen LogP contribution is -1.90. The van der Waals surface area contributed by atoms with Crippen LogP contribution in [0.3, 0.4) is 0 Å². The molecule has 0 radical (unpaired) electrons. The largest absolute Gasteiger partial charge is 0.345 e. The van der Waals surface area contributed by atoms with Crippen molar-refractivity contribution in [3.63, 3.8) is 0 Å². The molecule has 0 saturated heterocycles. The Morgan fingerprint density at radius 2 is 2.18 bits per heavy atom. The first kappa shape index (κ1) is 7.80. The molecule has 0 atom stereocenters. The summed E-state index contributed by atoms with van der Waals surface area (Å²) in [6.45, 7) is 5.88. The van der Waals surface area contributed by atoms with Gasteiger partial charge in [-0.05, 0) is 12.8 Å². The van der Waals surface area contributed by atoms with Crippen molar-refractivity contribution in [1.29, 1.82) is 5.26 Å². The average Bonchev–Trinajstić information content (AvgIpc) is 2.30. The van der Waals surface area contributed by atoms with Gasteiger partial charge in [-0.2, -0.15) is 5.26 Å². The third-order valence-electron chi connectivity index (χ3n) is 1.59. The SMILES string of the molecule is Cc1noc(C#N)c1C(C)C. The van der Waals surface area contributed by atoms with Crippen molar-refractivity contribution in [2.45, 2.75) is 26.7 Å². The van der Waals surface area contributed by atoms with Crippen LogP contribution < -0.4 is 0 Å². The van der Waals surface area contributed by atoms with E-state index in [4.69, 9.17) is 9.78 Å². The molecule has 58 valence electrons. The number of hydrogen-bond acceptors (Lipinski definition) is 3. The number of rotatable bonds is 1. The van der Waals surface area contributed by atoms with E-state index in [1.54, 1.807) is 0 Å². The van der Waals surface area contributed by atoms with Gasteiger partial charge in [0.05, 0.1) is 5.69 Å². The summed E-state index contributed by atoms with van der Waals surface area (Å²) in [4.78, 5) is 0. The van der Waals surface area contributed by atoms with Crippen LogP contribution in [-0.4, -0.2) is 5.16 Å². The lowest BCUT2D eigenvalue weighted by molar-refractivity contribution is 0.404. The average molecular weight is 150 g/mol. The zero-order valence-electron chi connectivity index (χ0n) is 6.88. The van der Waals surface area contributed by atoms with E-state index in [1.807, 2.05) is 26.8 Å². The summed E-state index contributed by atoms with van der Waals surface area (Å²) in [5.74, 6) is 0.647. The highest BCUT2D eigenvalue weighted by Gasteiger charge is 2.14. The van der Waals surface area contributed by atoms with Gasteiger partial charge in [-0.1, -0.05) is 19.0 Å². The van der Waals surface area contributed by atoms with Gasteiger partial charge in [-0.3, -0.25) is 0 Å². The van der Waals surface area contributed by atoms with E-state index in [-0.39, 0.29) is 0 Å². The van der Waals surface area contributed by atoms with Gasteiger partial charge in [0.15, 0.2) is 0 Å². The zero-order valence-corrected chi connectivity index (χ0v) is 6.88. The normalized spacial score (nSPS) is 10.1. The molecule has 0 aliphatic heterocycles. The standard InChI is InChI=1S/C8H10N2O/c1-5(2)8-6(3)10-11-7(8)4-9/h5H,1-3H3. The van der Waals surface area contributed by atoms with Crippen molar-refractivity contribution in [3.05, 3.63) is 17.0 Å². The minimum absolute atomic E-state index is 0.302. The molecule has 1 aromatic heterocycles.